The van der Waals surface area contributed by atoms with Gasteiger partial charge in [-0.1, -0.05) is 11.3 Å². The molecule has 0 aliphatic carbocycles. The molecule has 1 aromatic heterocycles. The van der Waals surface area contributed by atoms with E-state index >= 15 is 0 Å². The van der Waals surface area contributed by atoms with Gasteiger partial charge in [-0.2, -0.15) is 0 Å². The largest absolute Gasteiger partial charge is 0.271 e. The summed E-state index contributed by atoms with van der Waals surface area (Å²) < 4.78 is 23.5. The molecular weight excluding hydrogens is 272 g/mol. The van der Waals surface area contributed by atoms with Crippen molar-refractivity contribution in [2.24, 2.45) is 0 Å². The predicted octanol–water partition coefficient (Wildman–Crippen LogP) is 0.720. The molecule has 0 bridgehead atoms. The minimum atomic E-state index is -3.19. The van der Waals surface area contributed by atoms with Crippen LogP contribution in [-0.4, -0.2) is 34.6 Å². The molecule has 9 heteroatoms. The molecule has 0 saturated carbocycles. The highest BCUT2D eigenvalue weighted by Gasteiger charge is 2.11. The van der Waals surface area contributed by atoms with E-state index in [1.807, 2.05) is 0 Å². The van der Waals surface area contributed by atoms with Crippen molar-refractivity contribution in [2.45, 2.75) is 5.75 Å². The lowest BCUT2D eigenvalue weighted by molar-refractivity contribution is -0.384. The predicted molar refractivity (Wildman–Crippen MR) is 66.6 cm³/mol. The lowest BCUT2D eigenvalue weighted by Gasteiger charge is -1.99. The number of hydrogen-bond acceptors (Lipinski definition) is 6. The molecule has 0 fully saturated rings. The Bertz CT molecular complexity index is 723. The van der Waals surface area contributed by atoms with Gasteiger partial charge in [0.25, 0.3) is 5.69 Å². The van der Waals surface area contributed by atoms with Crippen LogP contribution < -0.4 is 0 Å². The van der Waals surface area contributed by atoms with Crippen molar-refractivity contribution in [2.75, 3.05) is 6.26 Å². The van der Waals surface area contributed by atoms with Crippen molar-refractivity contribution in [3.63, 3.8) is 0 Å². The maximum Gasteiger partial charge on any atom is 0.271 e. The van der Waals surface area contributed by atoms with Gasteiger partial charge in [-0.05, 0) is 6.07 Å². The van der Waals surface area contributed by atoms with Crippen LogP contribution >= 0.6 is 0 Å². The Morgan fingerprint density at radius 2 is 2.16 bits per heavy atom. The van der Waals surface area contributed by atoms with Crippen LogP contribution in [0.15, 0.2) is 30.5 Å². The standard InChI is InChI=1S/C10H10N4O4S/c1-19(17,18)7-8-6-13(12-11-8)9-3-2-4-10(5-9)14(15)16/h2-6H,7H2,1H3. The first-order valence-corrected chi connectivity index (χ1v) is 7.25. The molecule has 0 radical (unpaired) electrons. The third-order valence-electron chi connectivity index (χ3n) is 2.26. The van der Waals surface area contributed by atoms with Crippen LogP contribution in [0.1, 0.15) is 5.69 Å². The molecule has 0 aliphatic heterocycles. The molecule has 0 atom stereocenters. The monoisotopic (exact) mass is 282 g/mol. The van der Waals surface area contributed by atoms with Crippen molar-refractivity contribution in [1.82, 2.24) is 15.0 Å². The average Bonchev–Trinajstić information content (AvgIpc) is 2.75. The molecule has 0 aliphatic rings. The van der Waals surface area contributed by atoms with Crippen LogP contribution in [0.4, 0.5) is 5.69 Å². The molecule has 100 valence electrons. The molecule has 0 unspecified atom stereocenters. The van der Waals surface area contributed by atoms with Crippen LogP contribution in [0, 0.1) is 10.1 Å². The van der Waals surface area contributed by atoms with Gasteiger partial charge < -0.3 is 0 Å². The number of nitro benzene ring substituents is 1. The molecule has 1 aromatic carbocycles. The van der Waals surface area contributed by atoms with Crippen molar-refractivity contribution in [3.8, 4) is 5.69 Å². The zero-order valence-corrected chi connectivity index (χ0v) is 10.7. The van der Waals surface area contributed by atoms with E-state index in [0.29, 0.717) is 5.69 Å². The maximum absolute atomic E-state index is 11.1. The first-order valence-electron chi connectivity index (χ1n) is 5.19. The Morgan fingerprint density at radius 3 is 2.79 bits per heavy atom. The molecular formula is C10H10N4O4S. The summed E-state index contributed by atoms with van der Waals surface area (Å²) in [5.41, 5.74) is 0.660. The van der Waals surface area contributed by atoms with Gasteiger partial charge in [0, 0.05) is 18.4 Å². The Morgan fingerprint density at radius 1 is 1.42 bits per heavy atom. The molecule has 0 N–H and O–H groups in total. The van der Waals surface area contributed by atoms with E-state index in [0.717, 1.165) is 6.26 Å². The summed E-state index contributed by atoms with van der Waals surface area (Å²) in [6, 6.07) is 5.83. The first-order chi connectivity index (χ1) is 8.85. The van der Waals surface area contributed by atoms with E-state index in [1.54, 1.807) is 6.07 Å². The van der Waals surface area contributed by atoms with Gasteiger partial charge in [0.05, 0.1) is 28.3 Å². The summed E-state index contributed by atoms with van der Waals surface area (Å²) in [5, 5.41) is 18.1. The van der Waals surface area contributed by atoms with E-state index in [-0.39, 0.29) is 17.1 Å². The average molecular weight is 282 g/mol. The molecule has 1 heterocycles. The maximum atomic E-state index is 11.1. The van der Waals surface area contributed by atoms with Gasteiger partial charge in [0.15, 0.2) is 9.84 Å². The summed E-state index contributed by atoms with van der Waals surface area (Å²) in [6.07, 6.45) is 2.53. The second-order valence-corrected chi connectivity index (χ2v) is 6.14. The van der Waals surface area contributed by atoms with E-state index in [2.05, 4.69) is 10.3 Å². The molecule has 8 nitrogen and oxygen atoms in total. The number of hydrogen-bond donors (Lipinski definition) is 0. The number of sulfone groups is 1. The highest BCUT2D eigenvalue weighted by Crippen LogP contribution is 2.16. The van der Waals surface area contributed by atoms with Crippen LogP contribution in [0.25, 0.3) is 5.69 Å². The topological polar surface area (TPSA) is 108 Å². The van der Waals surface area contributed by atoms with Crippen molar-refractivity contribution in [3.05, 3.63) is 46.3 Å². The Kier molecular flexibility index (Phi) is 3.30. The third kappa shape index (κ3) is 3.35. The summed E-state index contributed by atoms with van der Waals surface area (Å²) in [4.78, 5) is 10.1. The highest BCUT2D eigenvalue weighted by atomic mass is 32.2. The minimum absolute atomic E-state index is 0.0716. The van der Waals surface area contributed by atoms with Crippen molar-refractivity contribution < 1.29 is 13.3 Å². The molecule has 0 saturated heterocycles. The lowest BCUT2D eigenvalue weighted by Crippen LogP contribution is -2.00. The van der Waals surface area contributed by atoms with Crippen LogP contribution in [0.5, 0.6) is 0 Å². The quantitative estimate of drug-likeness (QED) is 0.604. The number of nitrogens with zero attached hydrogens (tertiary/aromatic N) is 4. The van der Waals surface area contributed by atoms with Crippen molar-refractivity contribution in [1.29, 1.82) is 0 Å². The van der Waals surface area contributed by atoms with Crippen LogP contribution in [0.2, 0.25) is 0 Å². The first kappa shape index (κ1) is 13.1. The van der Waals surface area contributed by atoms with Gasteiger partial charge in [-0.15, -0.1) is 5.10 Å². The number of nitro groups is 1. The number of aromatic nitrogens is 3. The molecule has 2 aromatic rings. The van der Waals surface area contributed by atoms with Crippen molar-refractivity contribution >= 4 is 15.5 Å². The fourth-order valence-corrected chi connectivity index (χ4v) is 2.18. The minimum Gasteiger partial charge on any atom is -0.258 e. The SMILES string of the molecule is CS(=O)(=O)Cc1cn(-c2cccc([N+](=O)[O-])c2)nn1. The third-order valence-corrected chi connectivity index (χ3v) is 3.08. The highest BCUT2D eigenvalue weighted by molar-refractivity contribution is 7.89. The zero-order chi connectivity index (χ0) is 14.0. The Labute approximate surface area is 108 Å². The summed E-state index contributed by atoms with van der Waals surface area (Å²) >= 11 is 0. The van der Waals surface area contributed by atoms with Crippen LogP contribution in [0.3, 0.4) is 0 Å². The van der Waals surface area contributed by atoms with Gasteiger partial charge in [-0.3, -0.25) is 10.1 Å². The Balaban J connectivity index is 2.33. The number of rotatable bonds is 4. The van der Waals surface area contributed by atoms with Crippen LogP contribution in [-0.2, 0) is 15.6 Å². The smallest absolute Gasteiger partial charge is 0.258 e. The second-order valence-electron chi connectivity index (χ2n) is 4.00. The van der Waals surface area contributed by atoms with E-state index in [1.165, 1.54) is 29.1 Å². The summed E-state index contributed by atoms with van der Waals surface area (Å²) in [7, 11) is -3.19. The zero-order valence-electron chi connectivity index (χ0n) is 9.92. The van der Waals surface area contributed by atoms with Gasteiger partial charge in [-0.25, -0.2) is 13.1 Å². The number of non-ortho nitro benzene ring substituents is 1. The summed E-state index contributed by atoms with van der Waals surface area (Å²) in [5.74, 6) is -0.220. The molecule has 19 heavy (non-hydrogen) atoms. The lowest BCUT2D eigenvalue weighted by atomic mass is 10.3. The van der Waals surface area contributed by atoms with Gasteiger partial charge >= 0.3 is 0 Å². The van der Waals surface area contributed by atoms with E-state index in [9.17, 15) is 18.5 Å². The fourth-order valence-electron chi connectivity index (χ4n) is 1.51. The molecule has 0 spiro atoms. The normalized spacial score (nSPS) is 11.4. The van der Waals surface area contributed by atoms with E-state index in [4.69, 9.17) is 0 Å². The van der Waals surface area contributed by atoms with E-state index < -0.39 is 14.8 Å². The second kappa shape index (κ2) is 4.76. The fraction of sp³-hybridized carbons (Fsp3) is 0.200. The molecule has 2 rings (SSSR count). The van der Waals surface area contributed by atoms with Gasteiger partial charge in [0.1, 0.15) is 0 Å². The van der Waals surface area contributed by atoms with Gasteiger partial charge in [0.2, 0.25) is 0 Å². The molecule has 0 amide bonds. The number of benzene rings is 1. The Hall–Kier alpha value is -2.29. The summed E-state index contributed by atoms with van der Waals surface area (Å²) in [6.45, 7) is 0.